The number of nitrogens with zero attached hydrogens (tertiary/aromatic N) is 2. The summed E-state index contributed by atoms with van der Waals surface area (Å²) in [6.45, 7) is 1.83. The van der Waals surface area contributed by atoms with Crippen molar-refractivity contribution in [3.05, 3.63) is 129 Å². The Kier molecular flexibility index (Phi) is 7.97. The summed E-state index contributed by atoms with van der Waals surface area (Å²) in [5.74, 6) is -4.65. The molecule has 4 aromatic rings. The van der Waals surface area contributed by atoms with Gasteiger partial charge in [-0.2, -0.15) is 0 Å². The molecule has 6 atom stereocenters. The first-order chi connectivity index (χ1) is 24.6. The van der Waals surface area contributed by atoms with E-state index < -0.39 is 35.0 Å². The van der Waals surface area contributed by atoms with Crippen LogP contribution in [0.25, 0.3) is 0 Å². The molecule has 0 bridgehead atoms. The lowest BCUT2D eigenvalue weighted by molar-refractivity contribution is -0.131. The number of ether oxygens (including phenoxy) is 1. The Morgan fingerprint density at radius 2 is 1.43 bits per heavy atom. The number of fused-ring (bicyclic) bond motifs is 4. The SMILES string of the molecule is COc1cc([C@H]2C3=CC[C@@H]4C(=O)N(c5ccc(C(=O)c6ccccc6)cc5)C(=O)[C@@H]4[C@@H]3C[C@H]3C(=O)N(c4ccccc4)C(=O)[C@@]23C)cc(I)c1O. The van der Waals surface area contributed by atoms with Crippen LogP contribution < -0.4 is 14.5 Å². The van der Waals surface area contributed by atoms with Gasteiger partial charge in [-0.25, -0.2) is 4.90 Å². The number of benzene rings is 4. The highest BCUT2D eigenvalue weighted by molar-refractivity contribution is 14.1. The van der Waals surface area contributed by atoms with Gasteiger partial charge in [-0.05, 0) is 102 Å². The Morgan fingerprint density at radius 1 is 0.804 bits per heavy atom. The number of para-hydroxylation sites is 1. The minimum atomic E-state index is -1.22. The number of carbonyl (C=O) groups is 5. The molecule has 0 aromatic heterocycles. The number of phenols is 1. The van der Waals surface area contributed by atoms with Crippen LogP contribution in [0.1, 0.15) is 47.2 Å². The van der Waals surface area contributed by atoms with Crippen LogP contribution in [0.5, 0.6) is 11.5 Å². The molecule has 4 aliphatic rings. The van der Waals surface area contributed by atoms with E-state index in [-0.39, 0.29) is 53.8 Å². The molecule has 1 saturated carbocycles. The van der Waals surface area contributed by atoms with Crippen LogP contribution in [0.2, 0.25) is 0 Å². The molecule has 10 heteroatoms. The number of aromatic hydroxyl groups is 1. The molecule has 8 rings (SSSR count). The van der Waals surface area contributed by atoms with Crippen LogP contribution in [-0.2, 0) is 19.2 Å². The lowest BCUT2D eigenvalue weighted by atomic mass is 9.51. The van der Waals surface area contributed by atoms with Crippen LogP contribution in [-0.4, -0.2) is 41.6 Å². The molecule has 2 aliphatic carbocycles. The van der Waals surface area contributed by atoms with E-state index in [1.807, 2.05) is 47.7 Å². The van der Waals surface area contributed by atoms with Gasteiger partial charge in [-0.1, -0.05) is 60.2 Å². The second-order valence-electron chi connectivity index (χ2n) is 13.8. The van der Waals surface area contributed by atoms with Crippen molar-refractivity contribution in [2.45, 2.75) is 25.7 Å². The van der Waals surface area contributed by atoms with Crippen LogP contribution >= 0.6 is 22.6 Å². The molecule has 51 heavy (non-hydrogen) atoms. The summed E-state index contributed by atoms with van der Waals surface area (Å²) in [6.07, 6.45) is 2.50. The molecule has 4 aromatic carbocycles. The minimum absolute atomic E-state index is 0.0305. The van der Waals surface area contributed by atoms with Gasteiger partial charge in [0.05, 0.1) is 45.2 Å². The number of carbonyl (C=O) groups excluding carboxylic acids is 5. The maximum atomic E-state index is 14.6. The number of ketones is 1. The van der Waals surface area contributed by atoms with E-state index in [0.717, 1.165) is 5.57 Å². The third-order valence-corrected chi connectivity index (χ3v) is 12.1. The average Bonchev–Trinajstić information content (AvgIpc) is 3.52. The van der Waals surface area contributed by atoms with Gasteiger partial charge in [0.1, 0.15) is 0 Å². The highest BCUT2D eigenvalue weighted by Crippen LogP contribution is 2.64. The van der Waals surface area contributed by atoms with E-state index in [2.05, 4.69) is 0 Å². The highest BCUT2D eigenvalue weighted by atomic mass is 127. The van der Waals surface area contributed by atoms with E-state index in [1.54, 1.807) is 84.9 Å². The van der Waals surface area contributed by atoms with Crippen molar-refractivity contribution in [1.82, 2.24) is 0 Å². The van der Waals surface area contributed by atoms with Gasteiger partial charge in [0.2, 0.25) is 23.6 Å². The number of imide groups is 2. The fraction of sp³-hybridized carbons (Fsp3) is 0.244. The molecule has 0 spiro atoms. The Hall–Kier alpha value is -5.10. The lowest BCUT2D eigenvalue weighted by Crippen LogP contribution is -2.48. The number of amides is 4. The second-order valence-corrected chi connectivity index (χ2v) is 15.0. The van der Waals surface area contributed by atoms with Gasteiger partial charge in [0.25, 0.3) is 0 Å². The molecular weight excluding hydrogens is 759 g/mol. The third kappa shape index (κ3) is 4.90. The Balaban J connectivity index is 1.20. The van der Waals surface area contributed by atoms with Crippen molar-refractivity contribution in [1.29, 1.82) is 0 Å². The normalized spacial score (nSPS) is 26.8. The molecule has 0 radical (unpaired) electrons. The average molecular weight is 793 g/mol. The summed E-state index contributed by atoms with van der Waals surface area (Å²) >= 11 is 2.02. The van der Waals surface area contributed by atoms with Crippen molar-refractivity contribution in [2.75, 3.05) is 16.9 Å². The number of anilines is 2. The summed E-state index contributed by atoms with van der Waals surface area (Å²) in [6, 6.07) is 27.7. The summed E-state index contributed by atoms with van der Waals surface area (Å²) in [7, 11) is 1.45. The molecule has 2 saturated heterocycles. The Bertz CT molecular complexity index is 2170. The van der Waals surface area contributed by atoms with Gasteiger partial charge in [-0.15, -0.1) is 0 Å². The van der Waals surface area contributed by atoms with Crippen LogP contribution in [0.4, 0.5) is 11.4 Å². The molecule has 256 valence electrons. The number of hydrogen-bond acceptors (Lipinski definition) is 7. The fourth-order valence-corrected chi connectivity index (χ4v) is 9.53. The van der Waals surface area contributed by atoms with Gasteiger partial charge in [0, 0.05) is 17.0 Å². The van der Waals surface area contributed by atoms with E-state index in [1.165, 1.54) is 16.9 Å². The topological polar surface area (TPSA) is 121 Å². The summed E-state index contributed by atoms with van der Waals surface area (Å²) in [4.78, 5) is 73.1. The molecule has 1 N–H and O–H groups in total. The number of phenolic OH excluding ortho intramolecular Hbond substituents is 1. The van der Waals surface area contributed by atoms with Gasteiger partial charge < -0.3 is 9.84 Å². The third-order valence-electron chi connectivity index (χ3n) is 11.3. The first kappa shape index (κ1) is 33.1. The zero-order valence-corrected chi connectivity index (χ0v) is 29.9. The smallest absolute Gasteiger partial charge is 0.241 e. The highest BCUT2D eigenvalue weighted by Gasteiger charge is 2.67. The van der Waals surface area contributed by atoms with E-state index in [0.29, 0.717) is 31.6 Å². The van der Waals surface area contributed by atoms with Crippen molar-refractivity contribution >= 4 is 63.4 Å². The van der Waals surface area contributed by atoms with E-state index in [4.69, 9.17) is 4.74 Å². The van der Waals surface area contributed by atoms with Crippen LogP contribution in [0, 0.1) is 32.7 Å². The van der Waals surface area contributed by atoms with Gasteiger partial charge in [-0.3, -0.25) is 28.9 Å². The quantitative estimate of drug-likeness (QED) is 0.100. The second kappa shape index (κ2) is 12.3. The number of methoxy groups -OCH3 is 1. The minimum Gasteiger partial charge on any atom is -0.504 e. The van der Waals surface area contributed by atoms with Crippen molar-refractivity contribution in [3.63, 3.8) is 0 Å². The number of allylic oxidation sites excluding steroid dienone is 2. The first-order valence-electron chi connectivity index (χ1n) is 16.8. The van der Waals surface area contributed by atoms with Gasteiger partial charge in [0.15, 0.2) is 17.3 Å². The molecule has 0 unspecified atom stereocenters. The number of hydrogen-bond donors (Lipinski definition) is 1. The Morgan fingerprint density at radius 3 is 2.10 bits per heavy atom. The first-order valence-corrected chi connectivity index (χ1v) is 17.9. The predicted molar refractivity (Wildman–Crippen MR) is 197 cm³/mol. The van der Waals surface area contributed by atoms with Crippen molar-refractivity contribution < 1.29 is 33.8 Å². The van der Waals surface area contributed by atoms with Crippen molar-refractivity contribution in [2.24, 2.45) is 29.1 Å². The summed E-state index contributed by atoms with van der Waals surface area (Å²) < 4.78 is 6.04. The molecule has 2 heterocycles. The van der Waals surface area contributed by atoms with Crippen molar-refractivity contribution in [3.8, 4) is 11.5 Å². The predicted octanol–water partition coefficient (Wildman–Crippen LogP) is 6.67. The summed E-state index contributed by atoms with van der Waals surface area (Å²) in [5.41, 5.74) is 2.12. The lowest BCUT2D eigenvalue weighted by Gasteiger charge is -2.49. The Labute approximate surface area is 308 Å². The zero-order valence-electron chi connectivity index (χ0n) is 27.8. The van der Waals surface area contributed by atoms with E-state index in [9.17, 15) is 29.1 Å². The van der Waals surface area contributed by atoms with Gasteiger partial charge >= 0.3 is 0 Å². The monoisotopic (exact) mass is 792 g/mol. The number of halogens is 1. The maximum absolute atomic E-state index is 14.6. The molecule has 9 nitrogen and oxygen atoms in total. The molecule has 2 aliphatic heterocycles. The van der Waals surface area contributed by atoms with E-state index >= 15 is 0 Å². The largest absolute Gasteiger partial charge is 0.504 e. The molecular formula is C41H33IN2O7. The standard InChI is InChI=1S/C41H33IN2O7/c1-41-30(38(48)44(40(41)50)25-11-7-4-8-12-25)21-29-27(34(41)24-19-31(42)36(46)32(20-24)51-2)17-18-28-33(29)39(49)43(37(28)47)26-15-13-23(14-16-26)35(45)22-9-5-3-6-10-22/h3-17,19-20,28-30,33-34,46H,18,21H2,1-2H3/t28-,29+,30-,33-,34-,41+/m0/s1. The summed E-state index contributed by atoms with van der Waals surface area (Å²) in [5, 5.41) is 10.7. The van der Waals surface area contributed by atoms with Crippen LogP contribution in [0.15, 0.2) is 109 Å². The molecule has 3 fully saturated rings. The molecule has 4 amide bonds. The zero-order chi connectivity index (χ0) is 35.8. The fourth-order valence-electron chi connectivity index (χ4n) is 8.91. The number of rotatable bonds is 6. The maximum Gasteiger partial charge on any atom is 0.241 e. The van der Waals surface area contributed by atoms with Crippen LogP contribution in [0.3, 0.4) is 0 Å².